The fourth-order valence-corrected chi connectivity index (χ4v) is 1.58. The van der Waals surface area contributed by atoms with Gasteiger partial charge in [0.1, 0.15) is 0 Å². The molecule has 0 unspecified atom stereocenters. The first-order valence-electron chi connectivity index (χ1n) is 6.50. The number of benzene rings is 1. The lowest BCUT2D eigenvalue weighted by Crippen LogP contribution is -2.27. The van der Waals surface area contributed by atoms with Crippen molar-refractivity contribution in [3.05, 3.63) is 35.4 Å². The summed E-state index contributed by atoms with van der Waals surface area (Å²) in [6.07, 6.45) is 0.940. The zero-order valence-electron chi connectivity index (χ0n) is 11.9. The molecule has 3 heteroatoms. The summed E-state index contributed by atoms with van der Waals surface area (Å²) < 4.78 is 0. The van der Waals surface area contributed by atoms with E-state index in [4.69, 9.17) is 5.73 Å². The van der Waals surface area contributed by atoms with Crippen LogP contribution in [0, 0.1) is 17.3 Å². The summed E-state index contributed by atoms with van der Waals surface area (Å²) in [6.45, 7) is 7.42. The maximum absolute atomic E-state index is 12.1. The van der Waals surface area contributed by atoms with Gasteiger partial charge < -0.3 is 11.1 Å². The highest BCUT2D eigenvalue weighted by Gasteiger charge is 2.12. The molecule has 3 nitrogen and oxygen atoms in total. The van der Waals surface area contributed by atoms with Crippen molar-refractivity contribution in [2.24, 2.45) is 11.1 Å². The second-order valence-corrected chi connectivity index (χ2v) is 5.62. The molecular formula is C16H22N2O. The molecule has 0 aliphatic rings. The van der Waals surface area contributed by atoms with Crippen molar-refractivity contribution in [1.29, 1.82) is 0 Å². The van der Waals surface area contributed by atoms with Gasteiger partial charge in [0, 0.05) is 12.1 Å². The number of amides is 1. The molecule has 0 fully saturated rings. The molecule has 1 amide bonds. The Morgan fingerprint density at radius 1 is 1.32 bits per heavy atom. The molecule has 0 atom stereocenters. The Morgan fingerprint density at radius 3 is 2.63 bits per heavy atom. The Labute approximate surface area is 115 Å². The molecule has 0 radical (unpaired) electrons. The van der Waals surface area contributed by atoms with Crippen LogP contribution >= 0.6 is 0 Å². The highest BCUT2D eigenvalue weighted by atomic mass is 16.1. The summed E-state index contributed by atoms with van der Waals surface area (Å²) in [5.74, 6) is 5.62. The van der Waals surface area contributed by atoms with E-state index in [0.29, 0.717) is 18.7 Å². The van der Waals surface area contributed by atoms with Crippen LogP contribution in [0.25, 0.3) is 0 Å². The number of carbonyl (C=O) groups excluding carboxylic acids is 1. The van der Waals surface area contributed by atoms with E-state index in [1.165, 1.54) is 0 Å². The van der Waals surface area contributed by atoms with Gasteiger partial charge in [-0.1, -0.05) is 44.7 Å². The molecule has 19 heavy (non-hydrogen) atoms. The number of hydrogen-bond acceptors (Lipinski definition) is 2. The number of rotatable bonds is 3. The topological polar surface area (TPSA) is 55.1 Å². The van der Waals surface area contributed by atoms with Crippen LogP contribution in [0.3, 0.4) is 0 Å². The summed E-state index contributed by atoms with van der Waals surface area (Å²) in [5.41, 5.74) is 6.90. The molecule has 1 aromatic carbocycles. The maximum Gasteiger partial charge on any atom is 0.252 e. The van der Waals surface area contributed by atoms with Crippen LogP contribution in [0.2, 0.25) is 0 Å². The fraction of sp³-hybridized carbons (Fsp3) is 0.438. The zero-order chi connectivity index (χ0) is 14.3. The van der Waals surface area contributed by atoms with Crippen molar-refractivity contribution < 1.29 is 4.79 Å². The van der Waals surface area contributed by atoms with Gasteiger partial charge in [-0.05, 0) is 24.0 Å². The van der Waals surface area contributed by atoms with Crippen LogP contribution in [-0.4, -0.2) is 19.0 Å². The van der Waals surface area contributed by atoms with Gasteiger partial charge in [0.25, 0.3) is 5.91 Å². The average Bonchev–Trinajstić information content (AvgIpc) is 2.35. The Bertz CT molecular complexity index is 489. The van der Waals surface area contributed by atoms with Crippen molar-refractivity contribution in [2.45, 2.75) is 27.2 Å². The molecule has 0 heterocycles. The summed E-state index contributed by atoms with van der Waals surface area (Å²) >= 11 is 0. The van der Waals surface area contributed by atoms with Crippen LogP contribution in [0.4, 0.5) is 0 Å². The van der Waals surface area contributed by atoms with E-state index in [2.05, 4.69) is 37.9 Å². The van der Waals surface area contributed by atoms with E-state index in [9.17, 15) is 4.79 Å². The van der Waals surface area contributed by atoms with Gasteiger partial charge in [0.15, 0.2) is 0 Å². The van der Waals surface area contributed by atoms with E-state index in [0.717, 1.165) is 12.0 Å². The molecule has 0 bridgehead atoms. The first kappa shape index (κ1) is 15.3. The van der Waals surface area contributed by atoms with Crippen LogP contribution in [-0.2, 0) is 0 Å². The second kappa shape index (κ2) is 6.96. The molecule has 102 valence electrons. The number of hydrogen-bond donors (Lipinski definition) is 2. The van der Waals surface area contributed by atoms with Crippen molar-refractivity contribution in [1.82, 2.24) is 5.32 Å². The Balaban J connectivity index is 2.72. The third kappa shape index (κ3) is 5.58. The highest BCUT2D eigenvalue weighted by molar-refractivity contribution is 5.96. The first-order valence-corrected chi connectivity index (χ1v) is 6.50. The largest absolute Gasteiger partial charge is 0.352 e. The summed E-state index contributed by atoms with van der Waals surface area (Å²) in [6, 6.07) is 7.33. The molecule has 0 saturated carbocycles. The first-order chi connectivity index (χ1) is 8.94. The molecule has 1 rings (SSSR count). The average molecular weight is 258 g/mol. The van der Waals surface area contributed by atoms with Crippen molar-refractivity contribution in [2.75, 3.05) is 13.1 Å². The van der Waals surface area contributed by atoms with Gasteiger partial charge in [-0.2, -0.15) is 0 Å². The highest BCUT2D eigenvalue weighted by Crippen LogP contribution is 2.17. The Hall–Kier alpha value is -1.79. The fourth-order valence-electron chi connectivity index (χ4n) is 1.58. The minimum atomic E-state index is -0.0776. The van der Waals surface area contributed by atoms with Crippen LogP contribution in [0.5, 0.6) is 0 Å². The second-order valence-electron chi connectivity index (χ2n) is 5.62. The maximum atomic E-state index is 12.1. The molecule has 0 spiro atoms. The van der Waals surface area contributed by atoms with Crippen molar-refractivity contribution in [3.8, 4) is 11.8 Å². The van der Waals surface area contributed by atoms with E-state index < -0.39 is 0 Å². The number of carbonyl (C=O) groups is 1. The standard InChI is InChI=1S/C16H22N2O/c1-16(2,3)10-12-18-15(19)14-9-5-4-7-13(14)8-6-11-17/h4-5,7,9H,10-12,17H2,1-3H3,(H,18,19). The monoisotopic (exact) mass is 258 g/mol. The van der Waals surface area contributed by atoms with Crippen LogP contribution in [0.1, 0.15) is 43.1 Å². The van der Waals surface area contributed by atoms with Gasteiger partial charge >= 0.3 is 0 Å². The van der Waals surface area contributed by atoms with Gasteiger partial charge in [-0.25, -0.2) is 0 Å². The summed E-state index contributed by atoms with van der Waals surface area (Å²) in [4.78, 5) is 12.1. The Kier molecular flexibility index (Phi) is 5.59. The van der Waals surface area contributed by atoms with Crippen LogP contribution in [0.15, 0.2) is 24.3 Å². The van der Waals surface area contributed by atoms with Gasteiger partial charge in [-0.3, -0.25) is 4.79 Å². The van der Waals surface area contributed by atoms with E-state index in [1.807, 2.05) is 18.2 Å². The molecule has 0 aliphatic heterocycles. The van der Waals surface area contributed by atoms with Crippen molar-refractivity contribution in [3.63, 3.8) is 0 Å². The molecule has 0 aromatic heterocycles. The lowest BCUT2D eigenvalue weighted by Gasteiger charge is -2.18. The minimum Gasteiger partial charge on any atom is -0.352 e. The molecule has 0 saturated heterocycles. The minimum absolute atomic E-state index is 0.0776. The molecular weight excluding hydrogens is 236 g/mol. The van der Waals surface area contributed by atoms with Crippen LogP contribution < -0.4 is 11.1 Å². The van der Waals surface area contributed by atoms with E-state index in [-0.39, 0.29) is 11.3 Å². The number of nitrogens with two attached hydrogens (primary N) is 1. The van der Waals surface area contributed by atoms with E-state index >= 15 is 0 Å². The molecule has 1 aromatic rings. The van der Waals surface area contributed by atoms with Gasteiger partial charge in [0.05, 0.1) is 12.1 Å². The zero-order valence-corrected chi connectivity index (χ0v) is 11.9. The normalized spacial score (nSPS) is 10.5. The summed E-state index contributed by atoms with van der Waals surface area (Å²) in [5, 5.41) is 2.93. The quantitative estimate of drug-likeness (QED) is 0.816. The smallest absolute Gasteiger partial charge is 0.252 e. The van der Waals surface area contributed by atoms with Gasteiger partial charge in [-0.15, -0.1) is 0 Å². The predicted molar refractivity (Wildman–Crippen MR) is 78.8 cm³/mol. The third-order valence-corrected chi connectivity index (χ3v) is 2.66. The SMILES string of the molecule is CC(C)(C)CCNC(=O)c1ccccc1C#CCN. The molecule has 3 N–H and O–H groups in total. The summed E-state index contributed by atoms with van der Waals surface area (Å²) in [7, 11) is 0. The molecule has 0 aliphatic carbocycles. The number of nitrogens with one attached hydrogen (secondary N) is 1. The Morgan fingerprint density at radius 2 is 2.00 bits per heavy atom. The van der Waals surface area contributed by atoms with E-state index in [1.54, 1.807) is 6.07 Å². The lowest BCUT2D eigenvalue weighted by atomic mass is 9.92. The van der Waals surface area contributed by atoms with Gasteiger partial charge in [0.2, 0.25) is 0 Å². The third-order valence-electron chi connectivity index (χ3n) is 2.66. The predicted octanol–water partition coefficient (Wildman–Crippen LogP) is 2.16. The lowest BCUT2D eigenvalue weighted by molar-refractivity contribution is 0.0949. The van der Waals surface area contributed by atoms with Crippen molar-refractivity contribution >= 4 is 5.91 Å².